The van der Waals surface area contributed by atoms with Gasteiger partial charge in [0.25, 0.3) is 0 Å². The Morgan fingerprint density at radius 2 is 0.719 bits per heavy atom. The third kappa shape index (κ3) is 19.2. The number of hydrogen-bond donors (Lipinski definition) is 0. The summed E-state index contributed by atoms with van der Waals surface area (Å²) in [5, 5.41) is 20.0. The molecule has 0 amide bonds. The summed E-state index contributed by atoms with van der Waals surface area (Å²) in [4.78, 5) is 4.94. The van der Waals surface area contributed by atoms with Crippen LogP contribution >= 0.6 is 0 Å². The third-order valence-corrected chi connectivity index (χ3v) is 11.0. The smallest absolute Gasteiger partial charge is 0 e. The van der Waals surface area contributed by atoms with Crippen molar-refractivity contribution >= 4 is 0 Å². The van der Waals surface area contributed by atoms with Gasteiger partial charge in [0.1, 0.15) is 0 Å². The fraction of sp³-hybridized carbons (Fsp3) is 0.480. The standard InChI is InChI=1S/2C18H27N3.2C7H7.Hf/c2*1-3-9-16(10-4-1)15-19-18(21-13-7-8-14-21)20-17-11-5-2-6-12-17;2*1-7-5-3-2-4-6-7;/h2*1,3-4,9-10,17-18H,2,5-8,11-15H2;2*2-6H,1H2;/q2*-2;2*-1;. The van der Waals surface area contributed by atoms with Crippen molar-refractivity contribution in [1.29, 1.82) is 0 Å². The number of benzene rings is 4. The molecule has 4 aliphatic rings. The van der Waals surface area contributed by atoms with E-state index >= 15 is 0 Å². The van der Waals surface area contributed by atoms with Gasteiger partial charge in [-0.05, 0) is 51.9 Å². The average Bonchev–Trinajstić information content (AvgIpc) is 4.01. The SMILES string of the molecule is [CH2-]c1ccccc1.[CH2-]c1ccccc1.[Hf].c1ccc(C[N-]C([N-]C2CCCCC2)N2CCCC2)cc1.c1ccc(C[N-]C([N-]C2CCCCC2)N2CCCC2)cc1. The zero-order valence-corrected chi connectivity index (χ0v) is 38.2. The van der Waals surface area contributed by atoms with Crippen molar-refractivity contribution < 1.29 is 25.8 Å². The second kappa shape index (κ2) is 28.6. The van der Waals surface area contributed by atoms with Crippen molar-refractivity contribution in [2.75, 3.05) is 26.2 Å². The van der Waals surface area contributed by atoms with Crippen molar-refractivity contribution in [3.8, 4) is 0 Å². The van der Waals surface area contributed by atoms with Crippen LogP contribution in [0.15, 0.2) is 121 Å². The molecule has 0 radical (unpaired) electrons. The maximum atomic E-state index is 5.09. The molecule has 7 heteroatoms. The molecule has 308 valence electrons. The topological polar surface area (TPSA) is 62.9 Å². The monoisotopic (exact) mass is 933 g/mol. The molecule has 2 heterocycles. The van der Waals surface area contributed by atoms with E-state index in [0.717, 1.165) is 24.2 Å². The molecule has 2 aliphatic heterocycles. The second-order valence-electron chi connectivity index (χ2n) is 15.7. The van der Waals surface area contributed by atoms with Crippen molar-refractivity contribution in [1.82, 2.24) is 9.80 Å². The first-order valence-corrected chi connectivity index (χ1v) is 21.7. The molecule has 2 atom stereocenters. The summed E-state index contributed by atoms with van der Waals surface area (Å²) in [5.74, 6) is 0. The molecule has 0 spiro atoms. The predicted octanol–water partition coefficient (Wildman–Crippen LogP) is 13.0. The minimum absolute atomic E-state index is 0. The van der Waals surface area contributed by atoms with Gasteiger partial charge in [0, 0.05) is 25.8 Å². The quantitative estimate of drug-likeness (QED) is 0.105. The number of likely N-dealkylation sites (tertiary alicyclic amines) is 2. The molecular formula is C50H68HfN6-6. The number of nitrogens with zero attached hydrogens (tertiary/aromatic N) is 6. The fourth-order valence-electron chi connectivity index (χ4n) is 7.79. The minimum Gasteiger partial charge on any atom is -0.663 e. The summed E-state index contributed by atoms with van der Waals surface area (Å²) < 4.78 is 0. The van der Waals surface area contributed by atoms with Crippen LogP contribution in [0, 0.1) is 13.8 Å². The maximum Gasteiger partial charge on any atom is 0 e. The third-order valence-electron chi connectivity index (χ3n) is 11.0. The zero-order chi connectivity index (χ0) is 38.9. The summed E-state index contributed by atoms with van der Waals surface area (Å²) in [6.45, 7) is 13.7. The van der Waals surface area contributed by atoms with E-state index < -0.39 is 0 Å². The Labute approximate surface area is 366 Å². The Balaban J connectivity index is 0.000000187. The van der Waals surface area contributed by atoms with Crippen LogP contribution in [-0.2, 0) is 38.9 Å². The Hall–Kier alpha value is -2.75. The molecule has 2 saturated heterocycles. The van der Waals surface area contributed by atoms with Gasteiger partial charge in [0.2, 0.25) is 0 Å². The first-order valence-electron chi connectivity index (χ1n) is 21.7. The molecule has 4 fully saturated rings. The molecule has 8 rings (SSSR count). The molecule has 0 aromatic heterocycles. The van der Waals surface area contributed by atoms with Crippen molar-refractivity contribution in [3.63, 3.8) is 0 Å². The summed E-state index contributed by atoms with van der Waals surface area (Å²) in [7, 11) is 0. The van der Waals surface area contributed by atoms with E-state index in [1.165, 1.54) is 127 Å². The normalized spacial score (nSPS) is 18.7. The van der Waals surface area contributed by atoms with Crippen LogP contribution in [0.5, 0.6) is 0 Å². The Morgan fingerprint density at radius 1 is 0.421 bits per heavy atom. The van der Waals surface area contributed by atoms with Crippen LogP contribution in [0.2, 0.25) is 0 Å². The van der Waals surface area contributed by atoms with Gasteiger partial charge in [0.15, 0.2) is 0 Å². The van der Waals surface area contributed by atoms with E-state index in [-0.39, 0.29) is 38.4 Å². The van der Waals surface area contributed by atoms with Crippen molar-refractivity contribution in [3.05, 3.63) is 179 Å². The molecule has 2 aliphatic carbocycles. The van der Waals surface area contributed by atoms with Crippen LogP contribution in [0.25, 0.3) is 21.3 Å². The van der Waals surface area contributed by atoms with Crippen LogP contribution in [0.1, 0.15) is 112 Å². The first kappa shape index (κ1) is 46.9. The van der Waals surface area contributed by atoms with E-state index in [4.69, 9.17) is 21.3 Å². The maximum absolute atomic E-state index is 5.09. The van der Waals surface area contributed by atoms with E-state index in [0.29, 0.717) is 12.1 Å². The molecule has 0 N–H and O–H groups in total. The van der Waals surface area contributed by atoms with E-state index in [9.17, 15) is 0 Å². The summed E-state index contributed by atoms with van der Waals surface area (Å²) in [6, 6.07) is 42.0. The fourth-order valence-corrected chi connectivity index (χ4v) is 7.79. The minimum atomic E-state index is 0. The van der Waals surface area contributed by atoms with Gasteiger partial charge in [-0.25, -0.2) is 0 Å². The van der Waals surface area contributed by atoms with Gasteiger partial charge in [0.05, 0.1) is 0 Å². The van der Waals surface area contributed by atoms with Gasteiger partial charge in [-0.2, -0.15) is 61.8 Å². The summed E-state index contributed by atoms with van der Waals surface area (Å²) >= 11 is 0. The van der Waals surface area contributed by atoms with Crippen LogP contribution in [0.3, 0.4) is 0 Å². The van der Waals surface area contributed by atoms with Gasteiger partial charge in [-0.1, -0.05) is 148 Å². The van der Waals surface area contributed by atoms with Crippen LogP contribution in [-0.4, -0.2) is 60.6 Å². The average molecular weight is 932 g/mol. The Morgan fingerprint density at radius 3 is 1.00 bits per heavy atom. The van der Waals surface area contributed by atoms with E-state index in [1.54, 1.807) is 0 Å². The first-order chi connectivity index (χ1) is 27.6. The zero-order valence-electron chi connectivity index (χ0n) is 34.6. The van der Waals surface area contributed by atoms with E-state index in [1.807, 2.05) is 60.7 Å². The largest absolute Gasteiger partial charge is 0.663 e. The van der Waals surface area contributed by atoms with E-state index in [2.05, 4.69) is 84.3 Å². The summed E-state index contributed by atoms with van der Waals surface area (Å²) in [6.07, 6.45) is 18.6. The molecule has 6 nitrogen and oxygen atoms in total. The molecule has 0 bridgehead atoms. The van der Waals surface area contributed by atoms with Gasteiger partial charge >= 0.3 is 0 Å². The molecule has 4 aromatic carbocycles. The number of rotatable bonds is 12. The predicted molar refractivity (Wildman–Crippen MR) is 238 cm³/mol. The van der Waals surface area contributed by atoms with Crippen LogP contribution < -0.4 is 0 Å². The molecule has 2 saturated carbocycles. The second-order valence-corrected chi connectivity index (χ2v) is 15.7. The van der Waals surface area contributed by atoms with Gasteiger partial charge in [-0.15, -0.1) is 49.4 Å². The van der Waals surface area contributed by atoms with Crippen LogP contribution in [0.4, 0.5) is 0 Å². The van der Waals surface area contributed by atoms with Crippen molar-refractivity contribution in [2.45, 2.75) is 128 Å². The summed E-state index contributed by atoms with van der Waals surface area (Å²) in [5.41, 5.74) is 4.73. The molecule has 2 unspecified atom stereocenters. The molecule has 57 heavy (non-hydrogen) atoms. The Bertz CT molecular complexity index is 1390. The number of hydrogen-bond acceptors (Lipinski definition) is 2. The van der Waals surface area contributed by atoms with Gasteiger partial charge in [-0.3, -0.25) is 0 Å². The van der Waals surface area contributed by atoms with Crippen molar-refractivity contribution in [2.24, 2.45) is 0 Å². The molecule has 4 aromatic rings. The van der Waals surface area contributed by atoms with Gasteiger partial charge < -0.3 is 31.1 Å². The Kier molecular flexibility index (Phi) is 23.6. The molecular weight excluding hydrogens is 863 g/mol.